The van der Waals surface area contributed by atoms with Crippen LogP contribution in [0.1, 0.15) is 126 Å². The molecule has 8 heteroatoms. The van der Waals surface area contributed by atoms with E-state index in [4.69, 9.17) is 18.9 Å². The highest BCUT2D eigenvalue weighted by molar-refractivity contribution is 5.78. The molecule has 2 amide bonds. The lowest BCUT2D eigenvalue weighted by Gasteiger charge is -2.36. The van der Waals surface area contributed by atoms with Gasteiger partial charge in [-0.15, -0.1) is 0 Å². The van der Waals surface area contributed by atoms with E-state index >= 15 is 0 Å². The second kappa shape index (κ2) is 20.6. The molecule has 0 unspecified atom stereocenters. The Morgan fingerprint density at radius 1 is 1.10 bits per heavy atom. The van der Waals surface area contributed by atoms with Gasteiger partial charge in [-0.1, -0.05) is 57.6 Å². The smallest absolute Gasteiger partial charge is 0.409 e. The number of ether oxygens (including phenoxy) is 4. The van der Waals surface area contributed by atoms with Gasteiger partial charge in [0.1, 0.15) is 0 Å². The second-order valence-corrected chi connectivity index (χ2v) is 15.8. The molecule has 0 aromatic carbocycles. The molecular formula is C41H70N2O6. The molecular weight excluding hydrogens is 616 g/mol. The van der Waals surface area contributed by atoms with E-state index in [0.29, 0.717) is 30.9 Å². The lowest BCUT2D eigenvalue weighted by Crippen LogP contribution is -2.43. The molecule has 1 saturated carbocycles. The number of carbonyl (C=O) groups excluding carboxylic acids is 2. The highest BCUT2D eigenvalue weighted by Gasteiger charge is 2.32. The van der Waals surface area contributed by atoms with Crippen molar-refractivity contribution in [1.29, 1.82) is 0 Å². The van der Waals surface area contributed by atoms with Crippen LogP contribution in [0.5, 0.6) is 0 Å². The number of amides is 2. The van der Waals surface area contributed by atoms with Gasteiger partial charge in [0.05, 0.1) is 36.6 Å². The zero-order valence-corrected chi connectivity index (χ0v) is 32.4. The van der Waals surface area contributed by atoms with Gasteiger partial charge < -0.3 is 29.2 Å². The molecule has 1 N–H and O–H groups in total. The van der Waals surface area contributed by atoms with Crippen molar-refractivity contribution < 1.29 is 28.5 Å². The van der Waals surface area contributed by atoms with Crippen molar-refractivity contribution in [3.8, 4) is 0 Å². The van der Waals surface area contributed by atoms with E-state index in [-0.39, 0.29) is 47.9 Å². The van der Waals surface area contributed by atoms with E-state index in [1.165, 1.54) is 11.1 Å². The monoisotopic (exact) mass is 687 g/mol. The molecule has 0 spiro atoms. The molecule has 2 heterocycles. The van der Waals surface area contributed by atoms with Gasteiger partial charge in [-0.05, 0) is 122 Å². The lowest BCUT2D eigenvalue weighted by molar-refractivity contribution is -0.128. The zero-order chi connectivity index (χ0) is 36.0. The van der Waals surface area contributed by atoms with Gasteiger partial charge in [-0.2, -0.15) is 0 Å². The maximum atomic E-state index is 13.1. The van der Waals surface area contributed by atoms with Gasteiger partial charge in [-0.3, -0.25) is 4.79 Å². The Bertz CT molecular complexity index is 1100. The van der Waals surface area contributed by atoms with E-state index in [9.17, 15) is 9.59 Å². The third kappa shape index (κ3) is 13.8. The van der Waals surface area contributed by atoms with E-state index in [1.807, 2.05) is 4.90 Å². The Hall–Kier alpha value is -2.16. The lowest BCUT2D eigenvalue weighted by atomic mass is 9.82. The average Bonchev–Trinajstić information content (AvgIpc) is 3.33. The summed E-state index contributed by atoms with van der Waals surface area (Å²) in [6.07, 6.45) is 19.2. The maximum Gasteiger partial charge on any atom is 0.409 e. The van der Waals surface area contributed by atoms with E-state index in [2.05, 4.69) is 85.0 Å². The van der Waals surface area contributed by atoms with Crippen LogP contribution >= 0.6 is 0 Å². The van der Waals surface area contributed by atoms with E-state index < -0.39 is 0 Å². The Balaban J connectivity index is 1.37. The summed E-state index contributed by atoms with van der Waals surface area (Å²) < 4.78 is 24.2. The number of hydrogen-bond acceptors (Lipinski definition) is 6. The van der Waals surface area contributed by atoms with Gasteiger partial charge in [0, 0.05) is 32.7 Å². The molecule has 1 aliphatic carbocycles. The van der Waals surface area contributed by atoms with Crippen molar-refractivity contribution in [3.05, 3.63) is 35.5 Å². The predicted molar refractivity (Wildman–Crippen MR) is 198 cm³/mol. The molecule has 0 aromatic rings. The third-order valence-electron chi connectivity index (χ3n) is 11.0. The van der Waals surface area contributed by atoms with Gasteiger partial charge in [0.2, 0.25) is 5.91 Å². The summed E-state index contributed by atoms with van der Waals surface area (Å²) in [5.41, 5.74) is 2.40. The average molecular weight is 687 g/mol. The summed E-state index contributed by atoms with van der Waals surface area (Å²) in [6, 6.07) is 0. The first kappa shape index (κ1) is 41.3. The highest BCUT2D eigenvalue weighted by Crippen LogP contribution is 2.32. The molecule has 3 aliphatic rings. The zero-order valence-electron chi connectivity index (χ0n) is 32.4. The minimum absolute atomic E-state index is 0.0220. The molecule has 0 aromatic heterocycles. The number of allylic oxidation sites excluding steroid dienone is 3. The summed E-state index contributed by atoms with van der Waals surface area (Å²) in [5.74, 6) is 1.29. The van der Waals surface area contributed by atoms with Crippen LogP contribution in [0.15, 0.2) is 35.5 Å². The number of nitrogens with zero attached hydrogens (tertiary/aromatic N) is 1. The number of nitrogens with one attached hydrogen (secondary N) is 1. The van der Waals surface area contributed by atoms with Crippen LogP contribution in [0, 0.1) is 23.7 Å². The fourth-order valence-corrected chi connectivity index (χ4v) is 8.02. The van der Waals surface area contributed by atoms with Crippen molar-refractivity contribution in [2.75, 3.05) is 33.4 Å². The fourth-order valence-electron chi connectivity index (χ4n) is 8.02. The second-order valence-electron chi connectivity index (χ2n) is 15.8. The van der Waals surface area contributed by atoms with Crippen molar-refractivity contribution in [2.24, 2.45) is 23.7 Å². The Labute approximate surface area is 298 Å². The Kier molecular flexibility index (Phi) is 17.4. The molecule has 0 radical (unpaired) electrons. The van der Waals surface area contributed by atoms with Crippen LogP contribution < -0.4 is 5.32 Å². The van der Waals surface area contributed by atoms with Crippen LogP contribution in [0.25, 0.3) is 0 Å². The molecule has 49 heavy (non-hydrogen) atoms. The first-order valence-corrected chi connectivity index (χ1v) is 19.4. The van der Waals surface area contributed by atoms with Crippen molar-refractivity contribution in [2.45, 2.75) is 156 Å². The normalized spacial score (nSPS) is 27.6. The molecule has 2 aliphatic heterocycles. The first-order valence-electron chi connectivity index (χ1n) is 19.4. The Morgan fingerprint density at radius 3 is 2.51 bits per heavy atom. The van der Waals surface area contributed by atoms with Crippen molar-refractivity contribution >= 4 is 12.0 Å². The minimum atomic E-state index is -0.246. The van der Waals surface area contributed by atoms with Crippen LogP contribution in [0.4, 0.5) is 4.79 Å². The van der Waals surface area contributed by atoms with Gasteiger partial charge >= 0.3 is 6.09 Å². The summed E-state index contributed by atoms with van der Waals surface area (Å²) >= 11 is 0. The summed E-state index contributed by atoms with van der Waals surface area (Å²) in [6.45, 7) is 19.9. The molecule has 8 nitrogen and oxygen atoms in total. The molecule has 3 rings (SSSR count). The topological polar surface area (TPSA) is 86.3 Å². The minimum Gasteiger partial charge on any atom is -0.449 e. The largest absolute Gasteiger partial charge is 0.449 e. The highest BCUT2D eigenvalue weighted by atomic mass is 16.6. The molecule has 2 fully saturated rings. The van der Waals surface area contributed by atoms with Crippen LogP contribution in [0.3, 0.4) is 0 Å². The number of rotatable bonds is 16. The van der Waals surface area contributed by atoms with Crippen LogP contribution in [-0.4, -0.2) is 80.3 Å². The van der Waals surface area contributed by atoms with Crippen molar-refractivity contribution in [3.63, 3.8) is 0 Å². The van der Waals surface area contributed by atoms with Crippen LogP contribution in [-0.2, 0) is 23.7 Å². The van der Waals surface area contributed by atoms with E-state index in [0.717, 1.165) is 83.7 Å². The standard InChI is InChI=1S/C41H70N2O6/c1-10-33-16-13-24-43(25-23-33)40(45)47-28-34-18-20-35(21-19-34)39(44)42-27-36-22-17-31(5)38(48-36)30(4)15-12-14-29(3)26-41(7,8)49-32(6)37(11-2)46-9/h12,14-16,29,31-32,34-38H,10-11,13,17-28H2,1-9H3,(H,42,44)/b14-12+,30-15+/t29-,31+,32-,34?,35?,36-,37+,38-/m1/s1. The van der Waals surface area contributed by atoms with Crippen LogP contribution in [0.2, 0.25) is 0 Å². The SMILES string of the molecule is CCC1=CCCN(C(=O)OCC2CCC(C(=O)NC[C@H]3CC[C@H](C)[C@@H](/C(C)=C/C=C/[C@@H](C)CC(C)(C)O[C@H](C)[C@H](CC)OC)O3)CC2)CC1. The quantitative estimate of drug-likeness (QED) is 0.129. The van der Waals surface area contributed by atoms with Gasteiger partial charge in [-0.25, -0.2) is 4.79 Å². The fraction of sp³-hybridized carbons (Fsp3) is 0.805. The van der Waals surface area contributed by atoms with Gasteiger partial charge in [0.15, 0.2) is 0 Å². The molecule has 6 atom stereocenters. The summed E-state index contributed by atoms with van der Waals surface area (Å²) in [5, 5.41) is 3.21. The third-order valence-corrected chi connectivity index (χ3v) is 11.0. The Morgan fingerprint density at radius 2 is 1.84 bits per heavy atom. The molecule has 0 bridgehead atoms. The molecule has 1 saturated heterocycles. The predicted octanol–water partition coefficient (Wildman–Crippen LogP) is 8.80. The van der Waals surface area contributed by atoms with Crippen molar-refractivity contribution in [1.82, 2.24) is 10.2 Å². The van der Waals surface area contributed by atoms with Gasteiger partial charge in [0.25, 0.3) is 0 Å². The number of hydrogen-bond donors (Lipinski definition) is 1. The maximum absolute atomic E-state index is 13.1. The number of methoxy groups -OCH3 is 1. The summed E-state index contributed by atoms with van der Waals surface area (Å²) in [7, 11) is 1.75. The first-order chi connectivity index (χ1) is 23.3. The number of carbonyl (C=O) groups is 2. The molecule has 280 valence electrons. The van der Waals surface area contributed by atoms with E-state index in [1.54, 1.807) is 7.11 Å². The summed E-state index contributed by atoms with van der Waals surface area (Å²) in [4.78, 5) is 27.6.